The van der Waals surface area contributed by atoms with Gasteiger partial charge in [-0.3, -0.25) is 0 Å². The first-order chi connectivity index (χ1) is 21.3. The lowest BCUT2D eigenvalue weighted by Crippen LogP contribution is -2.55. The zero-order valence-corrected chi connectivity index (χ0v) is 29.5. The number of ether oxygens (including phenoxy) is 2. The van der Waals surface area contributed by atoms with E-state index in [1.165, 1.54) is 49.7 Å². The molecule has 0 N–H and O–H groups in total. The summed E-state index contributed by atoms with van der Waals surface area (Å²) >= 11 is 0. The van der Waals surface area contributed by atoms with Crippen molar-refractivity contribution in [2.75, 3.05) is 55.9 Å². The van der Waals surface area contributed by atoms with Gasteiger partial charge in [-0.2, -0.15) is 0 Å². The molecule has 2 aromatic rings. The maximum atomic E-state index is 6.10. The average molecular weight is 645 g/mol. The Kier molecular flexibility index (Phi) is 10.9. The van der Waals surface area contributed by atoms with E-state index in [2.05, 4.69) is 48.5 Å². The summed E-state index contributed by atoms with van der Waals surface area (Å²) in [7, 11) is 4.80. The quantitative estimate of drug-likeness (QED) is 0.130. The predicted octanol–water partition coefficient (Wildman–Crippen LogP) is 6.77. The molecule has 8 nitrogen and oxygen atoms in total. The monoisotopic (exact) mass is 644 g/mol. The van der Waals surface area contributed by atoms with Crippen LogP contribution < -0.4 is 9.47 Å². The highest BCUT2D eigenvalue weighted by Gasteiger charge is 2.58. The van der Waals surface area contributed by atoms with Crippen LogP contribution in [0, 0.1) is 11.8 Å². The molecule has 244 valence electrons. The van der Waals surface area contributed by atoms with Crippen molar-refractivity contribution < 1.29 is 36.0 Å². The second-order valence-electron chi connectivity index (χ2n) is 13.1. The Hall–Kier alpha value is -1.77. The highest BCUT2D eigenvalue weighted by molar-refractivity contribution is 6.60. The number of rotatable bonds is 18. The first-order valence-corrected chi connectivity index (χ1v) is 19.9. The average Bonchev–Trinajstić information content (AvgIpc) is 3.05. The van der Waals surface area contributed by atoms with Crippen LogP contribution in [0.4, 0.5) is 0 Å². The van der Waals surface area contributed by atoms with Crippen molar-refractivity contribution in [1.29, 1.82) is 0 Å². The van der Waals surface area contributed by atoms with Gasteiger partial charge in [-0.1, -0.05) is 24.3 Å². The molecule has 0 aromatic heterocycles. The first-order valence-electron chi connectivity index (χ1n) is 16.1. The van der Waals surface area contributed by atoms with E-state index in [9.17, 15) is 0 Å². The predicted molar refractivity (Wildman–Crippen MR) is 174 cm³/mol. The van der Waals surface area contributed by atoms with E-state index in [4.69, 9.17) is 36.0 Å². The maximum absolute atomic E-state index is 6.10. The molecule has 0 heterocycles. The third kappa shape index (κ3) is 6.97. The van der Waals surface area contributed by atoms with Gasteiger partial charge in [0, 0.05) is 54.7 Å². The molecule has 6 rings (SSSR count). The summed E-state index contributed by atoms with van der Waals surface area (Å²) in [6, 6.07) is 19.5. The van der Waals surface area contributed by atoms with Gasteiger partial charge in [0.15, 0.2) is 0 Å². The van der Waals surface area contributed by atoms with Gasteiger partial charge in [-0.05, 0) is 109 Å². The van der Waals surface area contributed by atoms with E-state index in [-0.39, 0.29) is 10.8 Å². The summed E-state index contributed by atoms with van der Waals surface area (Å²) in [6.45, 7) is 1.22. The molecule has 2 aromatic carbocycles. The summed E-state index contributed by atoms with van der Waals surface area (Å²) in [5, 5.41) is 0. The summed E-state index contributed by atoms with van der Waals surface area (Å²) in [5.41, 5.74) is 3.46. The lowest BCUT2D eigenvalue weighted by molar-refractivity contribution is -0.0281. The summed E-state index contributed by atoms with van der Waals surface area (Å²) in [5.74, 6) is 3.43. The fourth-order valence-corrected chi connectivity index (χ4v) is 12.2. The minimum absolute atomic E-state index is 0.249. The maximum Gasteiger partial charge on any atom is 0.500 e. The smallest absolute Gasteiger partial charge is 0.494 e. The van der Waals surface area contributed by atoms with E-state index >= 15 is 0 Å². The fourth-order valence-electron chi connectivity index (χ4n) is 8.82. The lowest BCUT2D eigenvalue weighted by atomic mass is 9.42. The van der Waals surface area contributed by atoms with Crippen molar-refractivity contribution in [2.45, 2.75) is 74.3 Å². The van der Waals surface area contributed by atoms with Crippen LogP contribution in [0.1, 0.15) is 62.5 Å². The van der Waals surface area contributed by atoms with Crippen LogP contribution in [-0.2, 0) is 37.4 Å². The first kappa shape index (κ1) is 33.6. The van der Waals surface area contributed by atoms with Crippen molar-refractivity contribution in [3.63, 3.8) is 0 Å². The zero-order chi connectivity index (χ0) is 31.3. The Balaban J connectivity index is 1.20. The van der Waals surface area contributed by atoms with Crippen molar-refractivity contribution in [3.8, 4) is 11.5 Å². The van der Waals surface area contributed by atoms with Crippen LogP contribution in [0.3, 0.4) is 0 Å². The zero-order valence-electron chi connectivity index (χ0n) is 27.5. The molecule has 0 spiro atoms. The van der Waals surface area contributed by atoms with E-state index in [0.29, 0.717) is 13.2 Å². The molecule has 0 radical (unpaired) electrons. The third-order valence-corrected chi connectivity index (χ3v) is 16.3. The van der Waals surface area contributed by atoms with Gasteiger partial charge in [0.25, 0.3) is 0 Å². The van der Waals surface area contributed by atoms with Gasteiger partial charge in [-0.25, -0.2) is 0 Å². The molecule has 44 heavy (non-hydrogen) atoms. The molecule has 4 saturated carbocycles. The normalized spacial score (nSPS) is 26.2. The minimum atomic E-state index is -2.56. The Morgan fingerprint density at radius 3 is 1.20 bits per heavy atom. The molecule has 0 saturated heterocycles. The van der Waals surface area contributed by atoms with Crippen molar-refractivity contribution in [2.24, 2.45) is 11.8 Å². The van der Waals surface area contributed by atoms with Crippen LogP contribution in [0.15, 0.2) is 48.5 Å². The van der Waals surface area contributed by atoms with Gasteiger partial charge in [0.2, 0.25) is 0 Å². The second-order valence-corrected chi connectivity index (χ2v) is 19.2. The van der Waals surface area contributed by atoms with Crippen LogP contribution in [0.2, 0.25) is 12.1 Å². The molecule has 10 heteroatoms. The standard InChI is InChI=1S/C34H52O8Si2/c1-35-43(36-2,37-3)19-7-17-41-31-13-9-29(10-14-31)33-22-27-21-28(23-33)25-34(24-27,26-33)30-11-15-32(16-12-30)42-18-8-20-44(38-4,39-5)40-6/h9-16,27-28H,7-8,17-26H2,1-6H3. The molecule has 0 atom stereocenters. The van der Waals surface area contributed by atoms with Crippen LogP contribution >= 0.6 is 0 Å². The van der Waals surface area contributed by atoms with Gasteiger partial charge in [0.05, 0.1) is 13.2 Å². The van der Waals surface area contributed by atoms with Crippen LogP contribution in [-0.4, -0.2) is 73.5 Å². The fraction of sp³-hybridized carbons (Fsp3) is 0.647. The Morgan fingerprint density at radius 2 is 0.886 bits per heavy atom. The Labute approximate surface area is 266 Å². The largest absolute Gasteiger partial charge is 0.500 e. The highest BCUT2D eigenvalue weighted by atomic mass is 28.4. The number of hydrogen-bond acceptors (Lipinski definition) is 8. The van der Waals surface area contributed by atoms with E-state index in [1.807, 2.05) is 0 Å². The Bertz CT molecular complexity index is 1060. The van der Waals surface area contributed by atoms with Gasteiger partial charge in [-0.15, -0.1) is 0 Å². The number of hydrogen-bond donors (Lipinski definition) is 0. The van der Waals surface area contributed by atoms with Gasteiger partial charge >= 0.3 is 17.6 Å². The molecule has 4 aliphatic carbocycles. The summed E-state index contributed by atoms with van der Waals surface area (Å²) < 4.78 is 45.4. The molecule has 4 fully saturated rings. The van der Waals surface area contributed by atoms with Gasteiger partial charge < -0.3 is 36.0 Å². The van der Waals surface area contributed by atoms with Crippen molar-refractivity contribution in [3.05, 3.63) is 59.7 Å². The molecular weight excluding hydrogens is 593 g/mol. The van der Waals surface area contributed by atoms with Crippen molar-refractivity contribution >= 4 is 17.6 Å². The molecule has 4 bridgehead atoms. The summed E-state index contributed by atoms with van der Waals surface area (Å²) in [6.07, 6.45) is 9.47. The third-order valence-electron chi connectivity index (χ3n) is 10.7. The summed E-state index contributed by atoms with van der Waals surface area (Å²) in [4.78, 5) is 0. The van der Waals surface area contributed by atoms with E-state index in [0.717, 1.165) is 48.3 Å². The highest BCUT2D eigenvalue weighted by Crippen LogP contribution is 2.66. The molecule has 0 amide bonds. The topological polar surface area (TPSA) is 73.8 Å². The number of benzene rings is 2. The minimum Gasteiger partial charge on any atom is -0.494 e. The van der Waals surface area contributed by atoms with E-state index in [1.54, 1.807) is 42.7 Å². The van der Waals surface area contributed by atoms with E-state index < -0.39 is 17.6 Å². The molecular formula is C34H52O8Si2. The van der Waals surface area contributed by atoms with Gasteiger partial charge in [0.1, 0.15) is 11.5 Å². The second kappa shape index (κ2) is 14.3. The van der Waals surface area contributed by atoms with Crippen molar-refractivity contribution in [1.82, 2.24) is 0 Å². The van der Waals surface area contributed by atoms with Crippen LogP contribution in [0.5, 0.6) is 11.5 Å². The van der Waals surface area contributed by atoms with Crippen LogP contribution in [0.25, 0.3) is 0 Å². The SMILES string of the molecule is CO[Si](CCCOc1ccc(C23CC4CC(C2)CC(c2ccc(OCCC[Si](OC)(OC)OC)cc2)(C4)C3)cc1)(OC)OC. The lowest BCUT2D eigenvalue weighted by Gasteiger charge is -2.62. The molecule has 0 aliphatic heterocycles. The molecule has 4 aliphatic rings. The molecule has 0 unspecified atom stereocenters. The Morgan fingerprint density at radius 1 is 0.545 bits per heavy atom.